The van der Waals surface area contributed by atoms with Crippen LogP contribution in [0, 0.1) is 0 Å². The Morgan fingerprint density at radius 3 is 2.12 bits per heavy atom. The Morgan fingerprint density at radius 2 is 1.66 bits per heavy atom. The van der Waals surface area contributed by atoms with Crippen LogP contribution in [0.5, 0.6) is 11.5 Å². The second kappa shape index (κ2) is 6.83. The normalized spacial score (nSPS) is 14.5. The van der Waals surface area contributed by atoms with Gasteiger partial charge in [-0.3, -0.25) is 4.55 Å². The molecule has 2 aromatic heterocycles. The Kier molecular flexibility index (Phi) is 4.98. The molecule has 0 unspecified atom stereocenters. The van der Waals surface area contributed by atoms with Crippen molar-refractivity contribution in [1.29, 1.82) is 0 Å². The SMILES string of the molecule is C=CC(=O)Oc1c2c3oc1c(C(=O)OC(CS(=O)(=O)O)(C(F)(F)F)C(F)(F)F)c3C(=O)O2. The number of carbonyl (C=O) groups excluding carboxylic acids is 3. The van der Waals surface area contributed by atoms with E-state index in [0.29, 0.717) is 6.08 Å². The highest BCUT2D eigenvalue weighted by Crippen LogP contribution is 2.53. The van der Waals surface area contributed by atoms with E-state index in [1.165, 1.54) is 0 Å². The third-order valence-electron chi connectivity index (χ3n) is 4.07. The van der Waals surface area contributed by atoms with Crippen molar-refractivity contribution in [2.24, 2.45) is 0 Å². The van der Waals surface area contributed by atoms with E-state index in [1.54, 1.807) is 0 Å². The lowest BCUT2D eigenvalue weighted by Crippen LogP contribution is -2.63. The molecule has 17 heteroatoms. The van der Waals surface area contributed by atoms with Crippen LogP contribution in [0.25, 0.3) is 11.2 Å². The molecule has 0 saturated heterocycles. The predicted octanol–water partition coefficient (Wildman–Crippen LogP) is 2.40. The number of ether oxygens (including phenoxy) is 3. The minimum Gasteiger partial charge on any atom is -0.447 e. The molecular formula is C15H6F6O10S. The minimum absolute atomic E-state index is 0.578. The molecule has 3 rings (SSSR count). The molecule has 32 heavy (non-hydrogen) atoms. The van der Waals surface area contributed by atoms with Crippen LogP contribution < -0.4 is 9.47 Å². The van der Waals surface area contributed by atoms with Gasteiger partial charge in [-0.1, -0.05) is 6.58 Å². The van der Waals surface area contributed by atoms with E-state index >= 15 is 0 Å². The lowest BCUT2D eigenvalue weighted by atomic mass is 10.0. The Hall–Kier alpha value is -3.34. The highest BCUT2D eigenvalue weighted by molar-refractivity contribution is 7.85. The molecule has 2 bridgehead atoms. The largest absolute Gasteiger partial charge is 0.447 e. The van der Waals surface area contributed by atoms with Crippen molar-refractivity contribution >= 4 is 39.2 Å². The fourth-order valence-corrected chi connectivity index (χ4v) is 3.65. The molecule has 0 aromatic carbocycles. The quantitative estimate of drug-likeness (QED) is 0.210. The van der Waals surface area contributed by atoms with Gasteiger partial charge in [-0.2, -0.15) is 34.8 Å². The third kappa shape index (κ3) is 3.42. The first kappa shape index (κ1) is 23.3. The number of hydrogen-bond acceptors (Lipinski definition) is 9. The molecule has 1 aliphatic rings. The molecule has 0 radical (unpaired) electrons. The van der Waals surface area contributed by atoms with Gasteiger partial charge in [-0.05, 0) is 0 Å². The van der Waals surface area contributed by atoms with Crippen LogP contribution in [0.15, 0.2) is 17.1 Å². The summed E-state index contributed by atoms with van der Waals surface area (Å²) in [5.41, 5.74) is -9.67. The number of fused-ring (bicyclic) bond motifs is 1. The molecule has 0 amide bonds. The Bertz CT molecular complexity index is 1240. The van der Waals surface area contributed by atoms with Crippen LogP contribution in [-0.2, 0) is 19.6 Å². The zero-order valence-corrected chi connectivity index (χ0v) is 15.6. The lowest BCUT2D eigenvalue weighted by molar-refractivity contribution is -0.356. The molecule has 0 fully saturated rings. The van der Waals surface area contributed by atoms with E-state index in [-0.39, 0.29) is 0 Å². The molecule has 1 N–H and O–H groups in total. The molecule has 1 aliphatic heterocycles. The third-order valence-corrected chi connectivity index (χ3v) is 4.84. The van der Waals surface area contributed by atoms with Gasteiger partial charge in [0.15, 0.2) is 11.2 Å². The summed E-state index contributed by atoms with van der Waals surface area (Å²) in [6, 6.07) is 0. The summed E-state index contributed by atoms with van der Waals surface area (Å²) in [6.07, 6.45) is -12.6. The number of halogens is 6. The van der Waals surface area contributed by atoms with Gasteiger partial charge in [0.25, 0.3) is 10.1 Å². The van der Waals surface area contributed by atoms with Crippen LogP contribution in [0.4, 0.5) is 26.3 Å². The highest BCUT2D eigenvalue weighted by Gasteiger charge is 2.76. The molecule has 10 nitrogen and oxygen atoms in total. The zero-order valence-electron chi connectivity index (χ0n) is 14.8. The van der Waals surface area contributed by atoms with E-state index in [4.69, 9.17) is 8.97 Å². The summed E-state index contributed by atoms with van der Waals surface area (Å²) in [7, 11) is -6.04. The summed E-state index contributed by atoms with van der Waals surface area (Å²) in [5.74, 6) is -9.80. The summed E-state index contributed by atoms with van der Waals surface area (Å²) < 4.78 is 129. The Morgan fingerprint density at radius 1 is 1.09 bits per heavy atom. The first-order chi connectivity index (χ1) is 14.4. The smallest absolute Gasteiger partial charge is 0.438 e. The molecule has 2 aromatic rings. The van der Waals surface area contributed by atoms with Gasteiger partial charge in [0, 0.05) is 6.08 Å². The van der Waals surface area contributed by atoms with Gasteiger partial charge in [0.05, 0.1) is 0 Å². The van der Waals surface area contributed by atoms with E-state index in [2.05, 4.69) is 20.8 Å². The highest BCUT2D eigenvalue weighted by atomic mass is 32.2. The molecule has 174 valence electrons. The van der Waals surface area contributed by atoms with Crippen molar-refractivity contribution < 1.29 is 72.3 Å². The van der Waals surface area contributed by atoms with Gasteiger partial charge in [-0.15, -0.1) is 0 Å². The van der Waals surface area contributed by atoms with Crippen molar-refractivity contribution in [3.8, 4) is 11.5 Å². The average Bonchev–Trinajstić information content (AvgIpc) is 3.21. The number of furan rings is 2. The first-order valence-electron chi connectivity index (χ1n) is 7.73. The fourth-order valence-electron chi connectivity index (χ4n) is 2.75. The molecular weight excluding hydrogens is 486 g/mol. The number of carbonyl (C=O) groups is 3. The summed E-state index contributed by atoms with van der Waals surface area (Å²) in [5, 5.41) is 0. The standard InChI is InChI=1S/C15H6F6O10S/c1-2-4(22)28-9-8-6(5-7(29-8)10(9)30-11(5)23)12(24)31-13(14(16,17)18,15(19,20)21)3-32(25,26)27/h2H,1,3H2,(H,25,26,27). The second-order valence-corrected chi connectivity index (χ2v) is 7.57. The summed E-state index contributed by atoms with van der Waals surface area (Å²) in [6.45, 7) is 3.04. The van der Waals surface area contributed by atoms with Gasteiger partial charge in [0.2, 0.25) is 11.5 Å². The second-order valence-electron chi connectivity index (χ2n) is 6.12. The first-order valence-corrected chi connectivity index (χ1v) is 9.34. The number of benzene rings is 1. The number of alkyl halides is 6. The van der Waals surface area contributed by atoms with Gasteiger partial charge >= 0.3 is 35.9 Å². The number of rotatable bonds is 6. The van der Waals surface area contributed by atoms with Crippen molar-refractivity contribution in [3.63, 3.8) is 0 Å². The van der Waals surface area contributed by atoms with Gasteiger partial charge in [-0.25, -0.2) is 14.4 Å². The molecule has 3 heterocycles. The topological polar surface area (TPSA) is 146 Å². The van der Waals surface area contributed by atoms with Crippen LogP contribution in [0.2, 0.25) is 0 Å². The Labute approximate surface area is 171 Å². The van der Waals surface area contributed by atoms with Crippen molar-refractivity contribution in [2.45, 2.75) is 18.0 Å². The van der Waals surface area contributed by atoms with Crippen molar-refractivity contribution in [3.05, 3.63) is 23.8 Å². The van der Waals surface area contributed by atoms with Crippen molar-refractivity contribution in [2.75, 3.05) is 5.75 Å². The maximum Gasteiger partial charge on any atom is 0.438 e. The molecule has 0 spiro atoms. The van der Waals surface area contributed by atoms with Crippen LogP contribution in [0.1, 0.15) is 20.7 Å². The number of hydrogen-bond donors (Lipinski definition) is 1. The fraction of sp³-hybridized carbons (Fsp3) is 0.267. The molecule has 0 aliphatic carbocycles. The van der Waals surface area contributed by atoms with E-state index in [9.17, 15) is 49.1 Å². The van der Waals surface area contributed by atoms with Gasteiger partial charge in [0.1, 0.15) is 16.9 Å². The lowest BCUT2D eigenvalue weighted by Gasteiger charge is -2.35. The molecule has 0 saturated carbocycles. The maximum absolute atomic E-state index is 13.4. The summed E-state index contributed by atoms with van der Waals surface area (Å²) in [4.78, 5) is 35.7. The van der Waals surface area contributed by atoms with Crippen LogP contribution in [0.3, 0.4) is 0 Å². The zero-order chi connectivity index (χ0) is 24.4. The maximum atomic E-state index is 13.4. The Balaban J connectivity index is 2.17. The molecule has 0 atom stereocenters. The van der Waals surface area contributed by atoms with Crippen molar-refractivity contribution in [1.82, 2.24) is 0 Å². The summed E-state index contributed by atoms with van der Waals surface area (Å²) >= 11 is 0. The van der Waals surface area contributed by atoms with E-state index in [1.807, 2.05) is 0 Å². The van der Waals surface area contributed by atoms with E-state index in [0.717, 1.165) is 0 Å². The van der Waals surface area contributed by atoms with Crippen LogP contribution >= 0.6 is 0 Å². The predicted molar refractivity (Wildman–Crippen MR) is 84.9 cm³/mol. The van der Waals surface area contributed by atoms with Gasteiger partial charge < -0.3 is 18.6 Å². The minimum atomic E-state index is -6.60. The van der Waals surface area contributed by atoms with E-state index < -0.39 is 85.5 Å². The van der Waals surface area contributed by atoms with Crippen LogP contribution in [-0.4, -0.2) is 54.6 Å². The number of esters is 3. The average molecular weight is 492 g/mol. The monoisotopic (exact) mass is 492 g/mol.